The fourth-order valence-corrected chi connectivity index (χ4v) is 5.31. The second kappa shape index (κ2) is 7.94. The molecule has 2 aromatic carbocycles. The van der Waals surface area contributed by atoms with Gasteiger partial charge in [0, 0.05) is 29.2 Å². The van der Waals surface area contributed by atoms with Gasteiger partial charge in [0.05, 0.1) is 13.2 Å². The molecule has 4 rings (SSSR count). The summed E-state index contributed by atoms with van der Waals surface area (Å²) in [6, 6.07) is 18.0. The molecule has 2 heterocycles. The van der Waals surface area contributed by atoms with Gasteiger partial charge in [-0.25, -0.2) is 0 Å². The molecule has 0 aliphatic carbocycles. The Morgan fingerprint density at radius 3 is 2.52 bits per heavy atom. The van der Waals surface area contributed by atoms with Crippen LogP contribution in [0.4, 0.5) is 0 Å². The molecule has 3 nitrogen and oxygen atoms in total. The Morgan fingerprint density at radius 1 is 1.11 bits per heavy atom. The number of fused-ring (bicyclic) bond motifs is 2. The van der Waals surface area contributed by atoms with Crippen LogP contribution in [-0.2, 0) is 16.8 Å². The first kappa shape index (κ1) is 19.0. The number of nitrogens with zero attached hydrogens (tertiary/aromatic N) is 1. The van der Waals surface area contributed by atoms with Gasteiger partial charge in [-0.15, -0.1) is 0 Å². The minimum Gasteiger partial charge on any atom is -0.497 e. The maximum Gasteiger partial charge on any atom is 0.118 e. The summed E-state index contributed by atoms with van der Waals surface area (Å²) in [7, 11) is 1.72. The number of ether oxygens (including phenoxy) is 2. The van der Waals surface area contributed by atoms with Crippen LogP contribution in [-0.4, -0.2) is 30.8 Å². The van der Waals surface area contributed by atoms with Crippen molar-refractivity contribution in [2.24, 2.45) is 0 Å². The van der Waals surface area contributed by atoms with Crippen LogP contribution < -0.4 is 4.74 Å². The average Bonchev–Trinajstić information content (AvgIpc) is 2.89. The molecule has 1 unspecified atom stereocenters. The summed E-state index contributed by atoms with van der Waals surface area (Å²) >= 11 is 3.59. The zero-order valence-corrected chi connectivity index (χ0v) is 17.7. The quantitative estimate of drug-likeness (QED) is 0.603. The van der Waals surface area contributed by atoms with Crippen molar-refractivity contribution >= 4 is 15.9 Å². The molecule has 2 aromatic rings. The van der Waals surface area contributed by atoms with Crippen molar-refractivity contribution in [1.82, 2.24) is 4.90 Å². The summed E-state index contributed by atoms with van der Waals surface area (Å²) in [5, 5.41) is 0. The smallest absolute Gasteiger partial charge is 0.118 e. The van der Waals surface area contributed by atoms with E-state index in [1.165, 1.54) is 24.0 Å². The number of hydrogen-bond donors (Lipinski definition) is 0. The van der Waals surface area contributed by atoms with Crippen molar-refractivity contribution in [2.75, 3.05) is 13.7 Å². The number of hydrogen-bond acceptors (Lipinski definition) is 3. The monoisotopic (exact) mass is 429 g/mol. The molecule has 0 N–H and O–H groups in total. The van der Waals surface area contributed by atoms with E-state index in [1.807, 2.05) is 0 Å². The maximum absolute atomic E-state index is 6.11. The number of halogens is 1. The third-order valence-corrected chi connectivity index (χ3v) is 6.81. The Hall–Kier alpha value is -1.36. The Kier molecular flexibility index (Phi) is 5.58. The maximum atomic E-state index is 6.11. The molecule has 0 spiro atoms. The summed E-state index contributed by atoms with van der Waals surface area (Å²) in [6.07, 6.45) is 5.03. The summed E-state index contributed by atoms with van der Waals surface area (Å²) in [6.45, 7) is 3.88. The molecule has 0 saturated carbocycles. The van der Waals surface area contributed by atoms with E-state index >= 15 is 0 Å². The highest BCUT2D eigenvalue weighted by atomic mass is 79.9. The summed E-state index contributed by atoms with van der Waals surface area (Å²) in [5.41, 5.74) is 2.84. The minimum absolute atomic E-state index is 0.0728. The molecular formula is C23H28BrNO2. The Balaban J connectivity index is 1.66. The lowest BCUT2D eigenvalue weighted by molar-refractivity contribution is -0.0592. The van der Waals surface area contributed by atoms with Gasteiger partial charge in [0.1, 0.15) is 5.75 Å². The van der Waals surface area contributed by atoms with Crippen molar-refractivity contribution < 1.29 is 9.47 Å². The topological polar surface area (TPSA) is 21.7 Å². The highest BCUT2D eigenvalue weighted by Crippen LogP contribution is 2.52. The summed E-state index contributed by atoms with van der Waals surface area (Å²) in [5.74, 6) is 0.916. The van der Waals surface area contributed by atoms with Gasteiger partial charge in [0.25, 0.3) is 0 Å². The average molecular weight is 430 g/mol. The van der Waals surface area contributed by atoms with E-state index in [0.29, 0.717) is 12.1 Å². The van der Waals surface area contributed by atoms with Crippen LogP contribution in [0.1, 0.15) is 43.7 Å². The van der Waals surface area contributed by atoms with Gasteiger partial charge >= 0.3 is 0 Å². The van der Waals surface area contributed by atoms with Gasteiger partial charge in [-0.05, 0) is 68.0 Å². The van der Waals surface area contributed by atoms with Gasteiger partial charge in [0.15, 0.2) is 0 Å². The molecule has 2 saturated heterocycles. The predicted molar refractivity (Wildman–Crippen MR) is 112 cm³/mol. The molecule has 2 fully saturated rings. The lowest BCUT2D eigenvalue weighted by Crippen LogP contribution is -2.52. The van der Waals surface area contributed by atoms with E-state index in [0.717, 1.165) is 36.2 Å². The third-order valence-electron chi connectivity index (χ3n) is 6.28. The highest BCUT2D eigenvalue weighted by Gasteiger charge is 2.52. The molecule has 144 valence electrons. The number of piperidine rings is 1. The zero-order chi connectivity index (χ0) is 18.9. The van der Waals surface area contributed by atoms with Crippen LogP contribution in [0.3, 0.4) is 0 Å². The second-order valence-electron chi connectivity index (χ2n) is 7.72. The van der Waals surface area contributed by atoms with Crippen LogP contribution in [0.15, 0.2) is 53.0 Å². The Labute approximate surface area is 170 Å². The normalized spacial score (nSPS) is 27.7. The van der Waals surface area contributed by atoms with Crippen LogP contribution in [0.25, 0.3) is 0 Å². The molecule has 2 bridgehead atoms. The summed E-state index contributed by atoms with van der Waals surface area (Å²) in [4.78, 5) is 2.74. The lowest BCUT2D eigenvalue weighted by Gasteiger charge is -2.48. The van der Waals surface area contributed by atoms with Gasteiger partial charge < -0.3 is 9.47 Å². The third kappa shape index (κ3) is 3.67. The number of rotatable bonds is 6. The molecule has 0 amide bonds. The fourth-order valence-electron chi connectivity index (χ4n) is 5.04. The van der Waals surface area contributed by atoms with Crippen LogP contribution in [0, 0.1) is 0 Å². The first-order valence-electron chi connectivity index (χ1n) is 9.92. The molecule has 0 radical (unpaired) electrons. The molecule has 3 atom stereocenters. The van der Waals surface area contributed by atoms with Crippen molar-refractivity contribution in [2.45, 2.75) is 56.8 Å². The van der Waals surface area contributed by atoms with Crippen molar-refractivity contribution in [1.29, 1.82) is 0 Å². The van der Waals surface area contributed by atoms with Crippen LogP contribution >= 0.6 is 15.9 Å². The molecule has 0 aromatic heterocycles. The summed E-state index contributed by atoms with van der Waals surface area (Å²) < 4.78 is 12.6. The zero-order valence-electron chi connectivity index (χ0n) is 16.2. The van der Waals surface area contributed by atoms with E-state index in [-0.39, 0.29) is 5.54 Å². The first-order chi connectivity index (χ1) is 13.1. The van der Waals surface area contributed by atoms with Gasteiger partial charge in [0.2, 0.25) is 0 Å². The van der Waals surface area contributed by atoms with E-state index in [4.69, 9.17) is 9.47 Å². The first-order valence-corrected chi connectivity index (χ1v) is 10.7. The molecule has 2 aliphatic heterocycles. The highest BCUT2D eigenvalue weighted by molar-refractivity contribution is 9.10. The SMILES string of the molecule is CCO[C@H]1C[C@H]2CCC(c3ccc(Br)cc3)(C1)N2Cc1ccc(OC)cc1. The van der Waals surface area contributed by atoms with Gasteiger partial charge in [-0.1, -0.05) is 40.2 Å². The van der Waals surface area contributed by atoms with Crippen molar-refractivity contribution in [3.05, 3.63) is 64.1 Å². The van der Waals surface area contributed by atoms with Crippen molar-refractivity contribution in [3.8, 4) is 5.75 Å². The van der Waals surface area contributed by atoms with E-state index in [2.05, 4.69) is 76.3 Å². The lowest BCUT2D eigenvalue weighted by atomic mass is 9.80. The van der Waals surface area contributed by atoms with Crippen molar-refractivity contribution in [3.63, 3.8) is 0 Å². The molecule has 27 heavy (non-hydrogen) atoms. The van der Waals surface area contributed by atoms with Gasteiger partial charge in [-0.3, -0.25) is 4.90 Å². The minimum atomic E-state index is 0.0728. The van der Waals surface area contributed by atoms with E-state index in [9.17, 15) is 0 Å². The standard InChI is InChI=1S/C23H28BrNO2/c1-3-27-22-14-20-12-13-23(15-22,18-6-8-19(24)9-7-18)25(20)16-17-4-10-21(26-2)11-5-17/h4-11,20,22H,3,12-16H2,1-2H3/t20-,22+,23?/m1/s1. The Bertz CT molecular complexity index is 761. The number of benzene rings is 2. The molecular weight excluding hydrogens is 402 g/mol. The largest absolute Gasteiger partial charge is 0.497 e. The van der Waals surface area contributed by atoms with E-state index in [1.54, 1.807) is 7.11 Å². The van der Waals surface area contributed by atoms with Crippen LogP contribution in [0.5, 0.6) is 5.75 Å². The molecule has 2 aliphatic rings. The molecule has 4 heteroatoms. The van der Waals surface area contributed by atoms with E-state index < -0.39 is 0 Å². The van der Waals surface area contributed by atoms with Crippen LogP contribution in [0.2, 0.25) is 0 Å². The second-order valence-corrected chi connectivity index (χ2v) is 8.64. The van der Waals surface area contributed by atoms with Gasteiger partial charge in [-0.2, -0.15) is 0 Å². The Morgan fingerprint density at radius 2 is 1.85 bits per heavy atom. The number of methoxy groups -OCH3 is 1. The predicted octanol–water partition coefficient (Wildman–Crippen LogP) is 5.52. The fraction of sp³-hybridized carbons (Fsp3) is 0.478.